The van der Waals surface area contributed by atoms with Crippen molar-refractivity contribution in [1.82, 2.24) is 0 Å². The van der Waals surface area contributed by atoms with Crippen molar-refractivity contribution in [3.05, 3.63) is 11.6 Å². The second-order valence-corrected chi connectivity index (χ2v) is 8.98. The van der Waals surface area contributed by atoms with E-state index in [-0.39, 0.29) is 5.97 Å². The molecule has 0 aliphatic rings. The molecule has 1 atom stereocenters. The molecule has 0 fully saturated rings. The number of ether oxygens (including phenoxy) is 1. The lowest BCUT2D eigenvalue weighted by atomic mass is 10.0. The zero-order valence-electron chi connectivity index (χ0n) is 19.7. The molecule has 2 heteroatoms. The Morgan fingerprint density at radius 1 is 0.786 bits per heavy atom. The van der Waals surface area contributed by atoms with Gasteiger partial charge in [0.2, 0.25) is 0 Å². The largest absolute Gasteiger partial charge is 0.466 e. The van der Waals surface area contributed by atoms with Gasteiger partial charge in [0.1, 0.15) is 0 Å². The Hall–Kier alpha value is -0.790. The van der Waals surface area contributed by atoms with Gasteiger partial charge in [0.05, 0.1) is 6.61 Å². The van der Waals surface area contributed by atoms with Crippen LogP contribution in [-0.4, -0.2) is 12.6 Å². The van der Waals surface area contributed by atoms with Crippen LogP contribution in [0.25, 0.3) is 0 Å². The topological polar surface area (TPSA) is 26.3 Å². The number of hydrogen-bond donors (Lipinski definition) is 0. The Labute approximate surface area is 176 Å². The average molecular weight is 395 g/mol. The summed E-state index contributed by atoms with van der Waals surface area (Å²) in [5.74, 6) is 0.402. The third kappa shape index (κ3) is 21.5. The predicted molar refractivity (Wildman–Crippen MR) is 124 cm³/mol. The van der Waals surface area contributed by atoms with Crippen LogP contribution in [0.4, 0.5) is 0 Å². The highest BCUT2D eigenvalue weighted by Gasteiger charge is 2.09. The van der Waals surface area contributed by atoms with Gasteiger partial charge in [-0.05, 0) is 39.0 Å². The van der Waals surface area contributed by atoms with Crippen LogP contribution in [0.3, 0.4) is 0 Å². The Morgan fingerprint density at radius 3 is 1.71 bits per heavy atom. The van der Waals surface area contributed by atoms with E-state index >= 15 is 0 Å². The van der Waals surface area contributed by atoms with Crippen molar-refractivity contribution in [2.45, 2.75) is 137 Å². The maximum atomic E-state index is 11.8. The summed E-state index contributed by atoms with van der Waals surface area (Å²) in [6.07, 6.45) is 23.9. The van der Waals surface area contributed by atoms with Gasteiger partial charge < -0.3 is 4.74 Å². The Kier molecular flexibility index (Phi) is 20.3. The number of esters is 1. The molecular weight excluding hydrogens is 344 g/mol. The predicted octanol–water partition coefficient (Wildman–Crippen LogP) is 8.78. The second kappa shape index (κ2) is 20.9. The summed E-state index contributed by atoms with van der Waals surface area (Å²) in [4.78, 5) is 11.8. The van der Waals surface area contributed by atoms with Crippen molar-refractivity contribution in [3.8, 4) is 0 Å². The number of carbonyl (C=O) groups is 1. The fourth-order valence-corrected chi connectivity index (χ4v) is 3.58. The van der Waals surface area contributed by atoms with Gasteiger partial charge in [-0.25, -0.2) is 0 Å². The zero-order chi connectivity index (χ0) is 20.9. The molecule has 0 radical (unpaired) electrons. The summed E-state index contributed by atoms with van der Waals surface area (Å²) < 4.78 is 5.39. The van der Waals surface area contributed by atoms with Gasteiger partial charge in [-0.3, -0.25) is 4.79 Å². The van der Waals surface area contributed by atoms with E-state index in [2.05, 4.69) is 33.8 Å². The number of hydrogen-bond acceptors (Lipinski definition) is 2. The highest BCUT2D eigenvalue weighted by Crippen LogP contribution is 2.14. The lowest BCUT2D eigenvalue weighted by Crippen LogP contribution is -2.10. The minimum absolute atomic E-state index is 0.0144. The lowest BCUT2D eigenvalue weighted by molar-refractivity contribution is -0.144. The smallest absolute Gasteiger partial charge is 0.306 e. The van der Waals surface area contributed by atoms with Crippen LogP contribution < -0.4 is 0 Å². The van der Waals surface area contributed by atoms with E-state index in [4.69, 9.17) is 4.74 Å². The van der Waals surface area contributed by atoms with Gasteiger partial charge in [-0.1, -0.05) is 109 Å². The number of unbranched alkanes of at least 4 members (excludes halogenated alkanes) is 13. The molecular formula is C26H50O2. The quantitative estimate of drug-likeness (QED) is 0.117. The molecule has 0 aromatic heterocycles. The van der Waals surface area contributed by atoms with Crippen LogP contribution in [0.1, 0.15) is 137 Å². The summed E-state index contributed by atoms with van der Waals surface area (Å²) >= 11 is 0. The highest BCUT2D eigenvalue weighted by molar-refractivity contribution is 5.69. The van der Waals surface area contributed by atoms with Crippen LogP contribution in [0, 0.1) is 5.92 Å². The molecule has 28 heavy (non-hydrogen) atoms. The van der Waals surface area contributed by atoms with Crippen molar-refractivity contribution < 1.29 is 9.53 Å². The number of carbonyl (C=O) groups excluding carboxylic acids is 1. The van der Waals surface area contributed by atoms with Gasteiger partial charge in [0.25, 0.3) is 0 Å². The van der Waals surface area contributed by atoms with Crippen molar-refractivity contribution in [3.63, 3.8) is 0 Å². The second-order valence-electron chi connectivity index (χ2n) is 8.98. The molecule has 0 aliphatic carbocycles. The number of allylic oxidation sites excluding steroid dienone is 2. The first-order valence-corrected chi connectivity index (χ1v) is 12.3. The van der Waals surface area contributed by atoms with Crippen LogP contribution in [0.5, 0.6) is 0 Å². The summed E-state index contributed by atoms with van der Waals surface area (Å²) in [5, 5.41) is 0. The van der Waals surface area contributed by atoms with Crippen molar-refractivity contribution in [2.75, 3.05) is 6.61 Å². The van der Waals surface area contributed by atoms with Crippen LogP contribution in [0.15, 0.2) is 11.6 Å². The highest BCUT2D eigenvalue weighted by atomic mass is 16.5. The Balaban J connectivity index is 3.28. The SMILES string of the molecule is CCCCCCCCCCCCCCCCOC(=O)C[C@H](C)CCC=C(C)C. The van der Waals surface area contributed by atoms with Gasteiger partial charge in [0.15, 0.2) is 0 Å². The zero-order valence-corrected chi connectivity index (χ0v) is 19.7. The molecule has 0 aromatic rings. The molecule has 0 amide bonds. The maximum absolute atomic E-state index is 11.8. The lowest BCUT2D eigenvalue weighted by Gasteiger charge is -2.10. The average Bonchev–Trinajstić information content (AvgIpc) is 2.64. The molecule has 166 valence electrons. The molecule has 2 nitrogen and oxygen atoms in total. The van der Waals surface area contributed by atoms with Gasteiger partial charge in [-0.2, -0.15) is 0 Å². The fourth-order valence-electron chi connectivity index (χ4n) is 3.58. The summed E-state index contributed by atoms with van der Waals surface area (Å²) in [7, 11) is 0. The molecule has 0 unspecified atom stereocenters. The molecule has 0 saturated heterocycles. The van der Waals surface area contributed by atoms with E-state index in [0.717, 1.165) is 19.3 Å². The van der Waals surface area contributed by atoms with Crippen LogP contribution in [-0.2, 0) is 9.53 Å². The van der Waals surface area contributed by atoms with Gasteiger partial charge in [0, 0.05) is 6.42 Å². The van der Waals surface area contributed by atoms with E-state index in [1.807, 2.05) is 0 Å². The molecule has 0 aliphatic heterocycles. The molecule has 0 bridgehead atoms. The molecule has 0 spiro atoms. The first-order chi connectivity index (χ1) is 13.6. The van der Waals surface area contributed by atoms with E-state index in [1.165, 1.54) is 89.0 Å². The molecule has 0 aromatic carbocycles. The number of rotatable bonds is 20. The van der Waals surface area contributed by atoms with Crippen molar-refractivity contribution in [2.24, 2.45) is 5.92 Å². The Bertz CT molecular complexity index is 369. The summed E-state index contributed by atoms with van der Waals surface area (Å²) in [6.45, 7) is 9.27. The van der Waals surface area contributed by atoms with E-state index in [0.29, 0.717) is 18.9 Å². The van der Waals surface area contributed by atoms with E-state index in [1.54, 1.807) is 0 Å². The summed E-state index contributed by atoms with van der Waals surface area (Å²) in [6, 6.07) is 0. The molecule has 0 N–H and O–H groups in total. The van der Waals surface area contributed by atoms with Gasteiger partial charge in [-0.15, -0.1) is 0 Å². The first-order valence-electron chi connectivity index (χ1n) is 12.3. The third-order valence-electron chi connectivity index (χ3n) is 5.49. The van der Waals surface area contributed by atoms with E-state index in [9.17, 15) is 4.79 Å². The monoisotopic (exact) mass is 394 g/mol. The molecule has 0 rings (SSSR count). The van der Waals surface area contributed by atoms with Crippen molar-refractivity contribution >= 4 is 5.97 Å². The normalized spacial score (nSPS) is 12.0. The van der Waals surface area contributed by atoms with E-state index < -0.39 is 0 Å². The molecule has 0 saturated carbocycles. The summed E-state index contributed by atoms with van der Waals surface area (Å²) in [5.41, 5.74) is 1.35. The third-order valence-corrected chi connectivity index (χ3v) is 5.49. The standard InChI is InChI=1S/C26H50O2/c1-5-6-7-8-9-10-11-12-13-14-15-16-17-18-22-28-26(27)23-25(4)21-19-20-24(2)3/h20,25H,5-19,21-23H2,1-4H3/t25-/m1/s1. The molecule has 0 heterocycles. The van der Waals surface area contributed by atoms with Crippen molar-refractivity contribution in [1.29, 1.82) is 0 Å². The Morgan fingerprint density at radius 2 is 1.25 bits per heavy atom. The van der Waals surface area contributed by atoms with Crippen LogP contribution >= 0.6 is 0 Å². The fraction of sp³-hybridized carbons (Fsp3) is 0.885. The maximum Gasteiger partial charge on any atom is 0.306 e. The minimum Gasteiger partial charge on any atom is -0.466 e. The van der Waals surface area contributed by atoms with Gasteiger partial charge >= 0.3 is 5.97 Å². The van der Waals surface area contributed by atoms with Crippen LogP contribution in [0.2, 0.25) is 0 Å². The minimum atomic E-state index is -0.0144. The first kappa shape index (κ1) is 27.2.